The van der Waals surface area contributed by atoms with E-state index < -0.39 is 7.32 Å². The molecule has 1 aromatic rings. The molecule has 0 saturated heterocycles. The molecule has 15 heavy (non-hydrogen) atoms. The van der Waals surface area contributed by atoms with E-state index in [1.54, 1.807) is 24.3 Å². The minimum Gasteiger partial charge on any atom is -0.512 e. The summed E-state index contributed by atoms with van der Waals surface area (Å²) in [4.78, 5) is 0. The van der Waals surface area contributed by atoms with E-state index in [0.717, 1.165) is 0 Å². The van der Waals surface area contributed by atoms with Gasteiger partial charge in [-0.25, -0.2) is 0 Å². The summed E-state index contributed by atoms with van der Waals surface area (Å²) in [5.74, 6) is 1.09. The Morgan fingerprint density at radius 3 is 1.87 bits per heavy atom. The number of benzene rings is 1. The van der Waals surface area contributed by atoms with E-state index in [9.17, 15) is 0 Å². The summed E-state index contributed by atoms with van der Waals surface area (Å²) in [7, 11) is -1.79. The maximum Gasteiger partial charge on any atom is 0.707 e. The van der Waals surface area contributed by atoms with Gasteiger partial charge in [0, 0.05) is 0 Å². The van der Waals surface area contributed by atoms with E-state index in [4.69, 9.17) is 14.8 Å². The normalized spacial score (nSPS) is 11.0. The van der Waals surface area contributed by atoms with Crippen molar-refractivity contribution < 1.29 is 19.4 Å². The fourth-order valence-electron chi connectivity index (χ4n) is 1.06. The first-order chi connectivity index (χ1) is 6.87. The molecule has 0 aliphatic carbocycles. The molecule has 0 aliphatic heterocycles. The number of rotatable bonds is 3. The average molecular weight is 210 g/mol. The van der Waals surface area contributed by atoms with Crippen molar-refractivity contribution >= 4 is 7.32 Å². The summed E-state index contributed by atoms with van der Waals surface area (Å²) in [5, 5.41) is 17.1. The van der Waals surface area contributed by atoms with Crippen molar-refractivity contribution in [3.05, 3.63) is 24.3 Å². The lowest BCUT2D eigenvalue weighted by molar-refractivity contribution is 0.131. The van der Waals surface area contributed by atoms with Crippen LogP contribution in [0.2, 0.25) is 0 Å². The lowest BCUT2D eigenvalue weighted by Gasteiger charge is -2.21. The fourth-order valence-corrected chi connectivity index (χ4v) is 1.06. The highest BCUT2D eigenvalue weighted by Crippen LogP contribution is 2.21. The third-order valence-corrected chi connectivity index (χ3v) is 1.49. The van der Waals surface area contributed by atoms with E-state index in [-0.39, 0.29) is 5.60 Å². The van der Waals surface area contributed by atoms with Crippen LogP contribution >= 0.6 is 0 Å². The number of hydrogen-bond acceptors (Lipinski definition) is 4. The monoisotopic (exact) mass is 210 g/mol. The Kier molecular flexibility index (Phi) is 3.60. The molecule has 0 bridgehead atoms. The highest BCUT2D eigenvalue weighted by molar-refractivity contribution is 6.33. The van der Waals surface area contributed by atoms with Gasteiger partial charge in [0.05, 0.1) is 0 Å². The maximum absolute atomic E-state index is 8.56. The van der Waals surface area contributed by atoms with Crippen molar-refractivity contribution in [2.24, 2.45) is 0 Å². The van der Waals surface area contributed by atoms with Gasteiger partial charge in [0.25, 0.3) is 0 Å². The molecule has 0 fully saturated rings. The van der Waals surface area contributed by atoms with Crippen LogP contribution < -0.4 is 9.39 Å². The molecule has 1 rings (SSSR count). The minimum atomic E-state index is -1.79. The third kappa shape index (κ3) is 4.72. The van der Waals surface area contributed by atoms with Crippen LogP contribution in [0.4, 0.5) is 0 Å². The van der Waals surface area contributed by atoms with Crippen LogP contribution in [0.5, 0.6) is 11.5 Å². The first-order valence-electron chi connectivity index (χ1n) is 4.69. The van der Waals surface area contributed by atoms with Crippen LogP contribution in [0.25, 0.3) is 0 Å². The first kappa shape index (κ1) is 11.9. The SMILES string of the molecule is CC(C)(C)Oc1ccc(OB(O)O)cc1. The van der Waals surface area contributed by atoms with Crippen molar-refractivity contribution in [1.82, 2.24) is 0 Å². The third-order valence-electron chi connectivity index (χ3n) is 1.49. The molecule has 1 aromatic carbocycles. The van der Waals surface area contributed by atoms with E-state index in [1.807, 2.05) is 20.8 Å². The zero-order valence-corrected chi connectivity index (χ0v) is 9.10. The summed E-state index contributed by atoms with van der Waals surface area (Å²) in [5.41, 5.74) is -0.251. The molecule has 82 valence electrons. The predicted octanol–water partition coefficient (Wildman–Crippen LogP) is 1.21. The Morgan fingerprint density at radius 2 is 1.47 bits per heavy atom. The summed E-state index contributed by atoms with van der Waals surface area (Å²) in [6, 6.07) is 6.65. The van der Waals surface area contributed by atoms with Gasteiger partial charge in [-0.2, -0.15) is 0 Å². The van der Waals surface area contributed by atoms with Gasteiger partial charge in [-0.1, -0.05) is 0 Å². The second-order valence-corrected chi connectivity index (χ2v) is 4.13. The molecule has 0 atom stereocenters. The molecule has 0 spiro atoms. The predicted molar refractivity (Wildman–Crippen MR) is 57.6 cm³/mol. The van der Waals surface area contributed by atoms with Crippen LogP contribution in [0.15, 0.2) is 24.3 Å². The molecular weight excluding hydrogens is 195 g/mol. The van der Waals surface area contributed by atoms with Crippen molar-refractivity contribution in [2.75, 3.05) is 0 Å². The largest absolute Gasteiger partial charge is 0.707 e. The Bertz CT molecular complexity index is 302. The van der Waals surface area contributed by atoms with Crippen LogP contribution in [0.1, 0.15) is 20.8 Å². The number of ether oxygens (including phenoxy) is 1. The Hall–Kier alpha value is -1.20. The summed E-state index contributed by atoms with van der Waals surface area (Å²) >= 11 is 0. The molecule has 0 aromatic heterocycles. The molecule has 0 saturated carbocycles. The van der Waals surface area contributed by atoms with Crippen molar-refractivity contribution in [3.63, 3.8) is 0 Å². The average Bonchev–Trinajstić information content (AvgIpc) is 2.05. The van der Waals surface area contributed by atoms with Crippen molar-refractivity contribution in [1.29, 1.82) is 0 Å². The van der Waals surface area contributed by atoms with E-state index >= 15 is 0 Å². The van der Waals surface area contributed by atoms with Crippen LogP contribution in [0, 0.1) is 0 Å². The highest BCUT2D eigenvalue weighted by atomic mass is 16.6. The van der Waals surface area contributed by atoms with Crippen LogP contribution in [-0.4, -0.2) is 23.0 Å². The molecule has 0 amide bonds. The fraction of sp³-hybridized carbons (Fsp3) is 0.400. The van der Waals surface area contributed by atoms with Gasteiger partial charge < -0.3 is 19.4 Å². The second-order valence-electron chi connectivity index (χ2n) is 4.13. The molecule has 0 heterocycles. The van der Waals surface area contributed by atoms with E-state index in [1.165, 1.54) is 0 Å². The Morgan fingerprint density at radius 1 is 1.00 bits per heavy atom. The van der Waals surface area contributed by atoms with Gasteiger partial charge in [-0.15, -0.1) is 0 Å². The molecule has 4 nitrogen and oxygen atoms in total. The zero-order chi connectivity index (χ0) is 11.5. The first-order valence-corrected chi connectivity index (χ1v) is 4.69. The highest BCUT2D eigenvalue weighted by Gasteiger charge is 2.13. The van der Waals surface area contributed by atoms with Gasteiger partial charge in [0.15, 0.2) is 0 Å². The zero-order valence-electron chi connectivity index (χ0n) is 9.10. The van der Waals surface area contributed by atoms with Gasteiger partial charge in [0.2, 0.25) is 0 Å². The van der Waals surface area contributed by atoms with Crippen molar-refractivity contribution in [2.45, 2.75) is 26.4 Å². The van der Waals surface area contributed by atoms with E-state index in [2.05, 4.69) is 4.65 Å². The smallest absolute Gasteiger partial charge is 0.512 e. The molecular formula is C10H15BO4. The molecule has 2 N–H and O–H groups in total. The van der Waals surface area contributed by atoms with Crippen molar-refractivity contribution in [3.8, 4) is 11.5 Å². The lowest BCUT2D eigenvalue weighted by atomic mass is 10.2. The number of hydrogen-bond donors (Lipinski definition) is 2. The summed E-state index contributed by atoms with van der Waals surface area (Å²) in [6.45, 7) is 5.86. The quantitative estimate of drug-likeness (QED) is 0.736. The molecule has 0 radical (unpaired) electrons. The summed E-state index contributed by atoms with van der Waals surface area (Å²) < 4.78 is 10.2. The lowest BCUT2D eigenvalue weighted by Crippen LogP contribution is -2.23. The molecule has 0 unspecified atom stereocenters. The van der Waals surface area contributed by atoms with Gasteiger partial charge in [-0.05, 0) is 45.0 Å². The van der Waals surface area contributed by atoms with Gasteiger partial charge >= 0.3 is 7.32 Å². The van der Waals surface area contributed by atoms with Crippen LogP contribution in [-0.2, 0) is 0 Å². The van der Waals surface area contributed by atoms with Crippen LogP contribution in [0.3, 0.4) is 0 Å². The molecule has 0 aliphatic rings. The topological polar surface area (TPSA) is 58.9 Å². The summed E-state index contributed by atoms with van der Waals surface area (Å²) in [6.07, 6.45) is 0. The second kappa shape index (κ2) is 4.55. The minimum absolute atomic E-state index is 0.251. The Labute approximate surface area is 89.6 Å². The standard InChI is InChI=1S/C10H15BO4/c1-10(2,3)14-8-4-6-9(7-5-8)15-11(12)13/h4-7,12-13H,1-3H3. The Balaban J connectivity index is 2.64. The maximum atomic E-state index is 8.56. The van der Waals surface area contributed by atoms with Gasteiger partial charge in [-0.3, -0.25) is 0 Å². The molecule has 5 heteroatoms. The van der Waals surface area contributed by atoms with E-state index in [0.29, 0.717) is 11.5 Å². The van der Waals surface area contributed by atoms with Gasteiger partial charge in [0.1, 0.15) is 17.1 Å².